The molecular formula is C17H18F2O. The second-order valence-electron chi connectivity index (χ2n) is 5.01. The molecule has 0 amide bonds. The van der Waals surface area contributed by atoms with Crippen molar-refractivity contribution in [3.8, 4) is 0 Å². The van der Waals surface area contributed by atoms with Gasteiger partial charge in [-0.3, -0.25) is 0 Å². The molecule has 0 spiro atoms. The topological polar surface area (TPSA) is 20.2 Å². The normalized spacial score (nSPS) is 14.1. The lowest BCUT2D eigenvalue weighted by Gasteiger charge is -2.15. The third-order valence-electron chi connectivity index (χ3n) is 3.71. The third kappa shape index (κ3) is 2.88. The first-order valence-corrected chi connectivity index (χ1v) is 6.76. The van der Waals surface area contributed by atoms with Gasteiger partial charge in [0.1, 0.15) is 17.7 Å². The Hall–Kier alpha value is -1.74. The van der Waals surface area contributed by atoms with E-state index in [1.54, 1.807) is 12.1 Å². The highest BCUT2D eigenvalue weighted by Gasteiger charge is 2.19. The molecule has 2 aromatic carbocycles. The maximum absolute atomic E-state index is 13.6. The van der Waals surface area contributed by atoms with E-state index < -0.39 is 17.7 Å². The van der Waals surface area contributed by atoms with Crippen molar-refractivity contribution in [2.45, 2.75) is 32.3 Å². The van der Waals surface area contributed by atoms with E-state index in [1.165, 1.54) is 6.07 Å². The first kappa shape index (κ1) is 14.7. The Morgan fingerprint density at radius 1 is 0.950 bits per heavy atom. The summed E-state index contributed by atoms with van der Waals surface area (Å²) in [4.78, 5) is 0. The van der Waals surface area contributed by atoms with Crippen LogP contribution < -0.4 is 0 Å². The predicted molar refractivity (Wildman–Crippen MR) is 75.6 cm³/mol. The fraction of sp³-hybridized carbons (Fsp3) is 0.294. The number of aliphatic hydroxyl groups is 1. The summed E-state index contributed by atoms with van der Waals surface area (Å²) in [5, 5.41) is 10.2. The van der Waals surface area contributed by atoms with Gasteiger partial charge in [-0.2, -0.15) is 0 Å². The summed E-state index contributed by atoms with van der Waals surface area (Å²) in [5.41, 5.74) is 1.34. The molecule has 0 saturated carbocycles. The quantitative estimate of drug-likeness (QED) is 0.868. The maximum atomic E-state index is 13.6. The molecule has 0 aliphatic heterocycles. The van der Waals surface area contributed by atoms with Gasteiger partial charge in [-0.05, 0) is 35.6 Å². The lowest BCUT2D eigenvalue weighted by molar-refractivity contribution is 0.209. The predicted octanol–water partition coefficient (Wildman–Crippen LogP) is 4.56. The number of benzene rings is 2. The van der Waals surface area contributed by atoms with Crippen molar-refractivity contribution < 1.29 is 13.9 Å². The molecular weight excluding hydrogens is 258 g/mol. The Morgan fingerprint density at radius 3 is 1.95 bits per heavy atom. The third-order valence-corrected chi connectivity index (χ3v) is 3.71. The fourth-order valence-electron chi connectivity index (χ4n) is 2.18. The number of rotatable bonds is 4. The molecule has 0 heterocycles. The van der Waals surface area contributed by atoms with Crippen LogP contribution in [-0.2, 0) is 0 Å². The van der Waals surface area contributed by atoms with Crippen LogP contribution in [0.15, 0.2) is 42.5 Å². The fourth-order valence-corrected chi connectivity index (χ4v) is 2.18. The molecule has 0 aliphatic carbocycles. The summed E-state index contributed by atoms with van der Waals surface area (Å²) in [6.45, 7) is 4.21. The van der Waals surface area contributed by atoms with Crippen LogP contribution in [0.5, 0.6) is 0 Å². The second-order valence-corrected chi connectivity index (χ2v) is 5.01. The summed E-state index contributed by atoms with van der Waals surface area (Å²) in [7, 11) is 0. The Bertz CT molecular complexity index is 558. The monoisotopic (exact) mass is 276 g/mol. The molecule has 2 aromatic rings. The van der Waals surface area contributed by atoms with E-state index in [2.05, 4.69) is 13.8 Å². The van der Waals surface area contributed by atoms with Crippen LogP contribution in [0, 0.1) is 11.6 Å². The smallest absolute Gasteiger partial charge is 0.132 e. The van der Waals surface area contributed by atoms with Gasteiger partial charge in [0.25, 0.3) is 0 Å². The highest BCUT2D eigenvalue weighted by Crippen LogP contribution is 2.28. The SMILES string of the molecule is CCC(C)c1ccc(C(O)c2c(F)cccc2F)cc1. The molecule has 0 bridgehead atoms. The molecule has 106 valence electrons. The van der Waals surface area contributed by atoms with E-state index >= 15 is 0 Å². The maximum Gasteiger partial charge on any atom is 0.132 e. The van der Waals surface area contributed by atoms with Gasteiger partial charge < -0.3 is 5.11 Å². The minimum atomic E-state index is -1.29. The molecule has 0 saturated heterocycles. The van der Waals surface area contributed by atoms with Gasteiger partial charge >= 0.3 is 0 Å². The van der Waals surface area contributed by atoms with E-state index in [-0.39, 0.29) is 5.56 Å². The summed E-state index contributed by atoms with van der Waals surface area (Å²) in [6.07, 6.45) is -0.272. The van der Waals surface area contributed by atoms with Crippen molar-refractivity contribution in [2.24, 2.45) is 0 Å². The largest absolute Gasteiger partial charge is 0.383 e. The average molecular weight is 276 g/mol. The van der Waals surface area contributed by atoms with Gasteiger partial charge in [-0.1, -0.05) is 44.2 Å². The van der Waals surface area contributed by atoms with Gasteiger partial charge in [0, 0.05) is 0 Å². The molecule has 0 aliphatic rings. The van der Waals surface area contributed by atoms with Crippen molar-refractivity contribution in [1.82, 2.24) is 0 Å². The number of hydrogen-bond acceptors (Lipinski definition) is 1. The van der Waals surface area contributed by atoms with Gasteiger partial charge in [0.2, 0.25) is 0 Å². The lowest BCUT2D eigenvalue weighted by Crippen LogP contribution is -2.06. The van der Waals surface area contributed by atoms with Crippen LogP contribution in [0.1, 0.15) is 49.0 Å². The van der Waals surface area contributed by atoms with Crippen LogP contribution in [0.2, 0.25) is 0 Å². The molecule has 20 heavy (non-hydrogen) atoms. The molecule has 2 rings (SSSR count). The first-order valence-electron chi connectivity index (χ1n) is 6.76. The van der Waals surface area contributed by atoms with Crippen molar-refractivity contribution in [2.75, 3.05) is 0 Å². The van der Waals surface area contributed by atoms with Gasteiger partial charge in [0.15, 0.2) is 0 Å². The molecule has 1 nitrogen and oxygen atoms in total. The van der Waals surface area contributed by atoms with Crippen LogP contribution in [-0.4, -0.2) is 5.11 Å². The van der Waals surface area contributed by atoms with Crippen LogP contribution in [0.25, 0.3) is 0 Å². The van der Waals surface area contributed by atoms with E-state index in [9.17, 15) is 13.9 Å². The zero-order chi connectivity index (χ0) is 14.7. The van der Waals surface area contributed by atoms with Crippen molar-refractivity contribution in [1.29, 1.82) is 0 Å². The molecule has 2 unspecified atom stereocenters. The minimum Gasteiger partial charge on any atom is -0.383 e. The molecule has 3 heteroatoms. The average Bonchev–Trinajstić information content (AvgIpc) is 2.46. The molecule has 0 fully saturated rings. The summed E-state index contributed by atoms with van der Waals surface area (Å²) in [6, 6.07) is 10.8. The summed E-state index contributed by atoms with van der Waals surface area (Å²) < 4.78 is 27.3. The summed E-state index contributed by atoms with van der Waals surface area (Å²) >= 11 is 0. The van der Waals surface area contributed by atoms with Gasteiger partial charge in [-0.15, -0.1) is 0 Å². The molecule has 0 aromatic heterocycles. The zero-order valence-corrected chi connectivity index (χ0v) is 11.6. The molecule has 0 radical (unpaired) electrons. The Balaban J connectivity index is 2.32. The van der Waals surface area contributed by atoms with E-state index in [4.69, 9.17) is 0 Å². The summed E-state index contributed by atoms with van der Waals surface area (Å²) in [5.74, 6) is -1.04. The number of halogens is 2. The van der Waals surface area contributed by atoms with Crippen molar-refractivity contribution >= 4 is 0 Å². The molecule has 2 atom stereocenters. The Labute approximate surface area is 117 Å². The van der Waals surface area contributed by atoms with Crippen molar-refractivity contribution in [3.63, 3.8) is 0 Å². The van der Waals surface area contributed by atoms with Gasteiger partial charge in [0.05, 0.1) is 5.56 Å². The van der Waals surface area contributed by atoms with E-state index in [0.717, 1.165) is 24.1 Å². The van der Waals surface area contributed by atoms with Gasteiger partial charge in [-0.25, -0.2) is 8.78 Å². The van der Waals surface area contributed by atoms with Crippen LogP contribution in [0.4, 0.5) is 8.78 Å². The van der Waals surface area contributed by atoms with Crippen molar-refractivity contribution in [3.05, 3.63) is 70.8 Å². The molecule has 1 N–H and O–H groups in total. The number of hydrogen-bond donors (Lipinski definition) is 1. The Kier molecular flexibility index (Phi) is 4.50. The van der Waals surface area contributed by atoms with E-state index in [0.29, 0.717) is 11.5 Å². The lowest BCUT2D eigenvalue weighted by atomic mass is 9.94. The zero-order valence-electron chi connectivity index (χ0n) is 11.6. The second kappa shape index (κ2) is 6.14. The standard InChI is InChI=1S/C17H18F2O/c1-3-11(2)12-7-9-13(10-8-12)17(20)16-14(18)5-4-6-15(16)19/h4-11,17,20H,3H2,1-2H3. The minimum absolute atomic E-state index is 0.302. The highest BCUT2D eigenvalue weighted by atomic mass is 19.1. The van der Waals surface area contributed by atoms with Crippen LogP contribution >= 0.6 is 0 Å². The van der Waals surface area contributed by atoms with E-state index in [1.807, 2.05) is 12.1 Å². The number of aliphatic hydroxyl groups excluding tert-OH is 1. The Morgan fingerprint density at radius 2 is 1.45 bits per heavy atom. The van der Waals surface area contributed by atoms with Crippen LogP contribution in [0.3, 0.4) is 0 Å². The first-order chi connectivity index (χ1) is 9.54. The highest BCUT2D eigenvalue weighted by molar-refractivity contribution is 5.34.